The van der Waals surface area contributed by atoms with Crippen molar-refractivity contribution in [1.29, 1.82) is 0 Å². The van der Waals surface area contributed by atoms with Gasteiger partial charge in [0.15, 0.2) is 0 Å². The standard InChI is InChI=1S/C27H34O3/c1-21(2)12-13-22(3)9-8-17-27(4,29)18-16-24-19-25(14-15-26(24)28)30-20-23-10-6-5-7-11-23/h5-7,9-12,14-16,18-19,28-29H,8,13,17,20H2,1-4H3/b18-16+,22-9+. The Bertz CT molecular complexity index is 886. The number of phenols is 1. The Morgan fingerprint density at radius 2 is 1.77 bits per heavy atom. The van der Waals surface area contributed by atoms with Crippen molar-refractivity contribution in [1.82, 2.24) is 0 Å². The summed E-state index contributed by atoms with van der Waals surface area (Å²) in [5.41, 5.74) is 3.36. The van der Waals surface area contributed by atoms with E-state index in [0.717, 1.165) is 18.4 Å². The van der Waals surface area contributed by atoms with Crippen LogP contribution in [0.1, 0.15) is 58.1 Å². The van der Waals surface area contributed by atoms with Crippen LogP contribution in [0, 0.1) is 0 Å². The lowest BCUT2D eigenvalue weighted by atomic mass is 9.97. The van der Waals surface area contributed by atoms with Gasteiger partial charge in [-0.3, -0.25) is 0 Å². The van der Waals surface area contributed by atoms with Crippen LogP contribution < -0.4 is 4.74 Å². The molecule has 0 aliphatic rings. The van der Waals surface area contributed by atoms with E-state index in [0.29, 0.717) is 24.3 Å². The summed E-state index contributed by atoms with van der Waals surface area (Å²) in [6.07, 6.45) is 10.2. The van der Waals surface area contributed by atoms with Crippen LogP contribution in [0.3, 0.4) is 0 Å². The third-order valence-corrected chi connectivity index (χ3v) is 4.84. The first kappa shape index (κ1) is 23.5. The molecule has 0 heterocycles. The highest BCUT2D eigenvalue weighted by Gasteiger charge is 2.15. The molecule has 2 aromatic carbocycles. The lowest BCUT2D eigenvalue weighted by Crippen LogP contribution is -2.19. The maximum absolute atomic E-state index is 10.7. The van der Waals surface area contributed by atoms with Gasteiger partial charge >= 0.3 is 0 Å². The van der Waals surface area contributed by atoms with Gasteiger partial charge in [-0.1, -0.05) is 65.8 Å². The average molecular weight is 407 g/mol. The van der Waals surface area contributed by atoms with Crippen LogP contribution in [0.5, 0.6) is 11.5 Å². The lowest BCUT2D eigenvalue weighted by molar-refractivity contribution is 0.104. The number of rotatable bonds is 10. The Hall–Kier alpha value is -2.78. The largest absolute Gasteiger partial charge is 0.507 e. The minimum atomic E-state index is -0.958. The van der Waals surface area contributed by atoms with Gasteiger partial charge in [-0.05, 0) is 70.7 Å². The number of hydrogen-bond donors (Lipinski definition) is 2. The zero-order chi connectivity index (χ0) is 22.0. The van der Waals surface area contributed by atoms with Crippen LogP contribution in [0.2, 0.25) is 0 Å². The van der Waals surface area contributed by atoms with Crippen LogP contribution in [-0.2, 0) is 6.61 Å². The molecule has 0 bridgehead atoms. The second kappa shape index (κ2) is 11.4. The summed E-state index contributed by atoms with van der Waals surface area (Å²) in [7, 11) is 0. The fourth-order valence-electron chi connectivity index (χ4n) is 2.91. The molecule has 0 saturated carbocycles. The predicted molar refractivity (Wildman–Crippen MR) is 126 cm³/mol. The Morgan fingerprint density at radius 3 is 2.47 bits per heavy atom. The Morgan fingerprint density at radius 1 is 1.03 bits per heavy atom. The van der Waals surface area contributed by atoms with Gasteiger partial charge in [0.25, 0.3) is 0 Å². The molecule has 1 atom stereocenters. The first-order valence-corrected chi connectivity index (χ1v) is 10.5. The maximum atomic E-state index is 10.7. The van der Waals surface area contributed by atoms with E-state index in [-0.39, 0.29) is 5.75 Å². The van der Waals surface area contributed by atoms with Crippen LogP contribution in [-0.4, -0.2) is 15.8 Å². The van der Waals surface area contributed by atoms with E-state index in [1.807, 2.05) is 30.3 Å². The molecule has 0 radical (unpaired) electrons. The average Bonchev–Trinajstić information content (AvgIpc) is 2.71. The quantitative estimate of drug-likeness (QED) is 0.426. The smallest absolute Gasteiger partial charge is 0.123 e. The number of benzene rings is 2. The summed E-state index contributed by atoms with van der Waals surface area (Å²) in [6, 6.07) is 15.1. The van der Waals surface area contributed by atoms with Crippen molar-refractivity contribution in [2.45, 2.75) is 59.2 Å². The van der Waals surface area contributed by atoms with E-state index >= 15 is 0 Å². The van der Waals surface area contributed by atoms with E-state index in [1.54, 1.807) is 37.3 Å². The van der Waals surface area contributed by atoms with E-state index in [1.165, 1.54) is 11.1 Å². The monoisotopic (exact) mass is 406 g/mol. The van der Waals surface area contributed by atoms with Crippen molar-refractivity contribution in [2.75, 3.05) is 0 Å². The summed E-state index contributed by atoms with van der Waals surface area (Å²) in [5, 5.41) is 20.8. The van der Waals surface area contributed by atoms with Gasteiger partial charge in [-0.25, -0.2) is 0 Å². The molecule has 0 spiro atoms. The summed E-state index contributed by atoms with van der Waals surface area (Å²) in [4.78, 5) is 0. The molecular formula is C27H34O3. The molecule has 3 heteroatoms. The third kappa shape index (κ3) is 8.71. The van der Waals surface area contributed by atoms with Crippen molar-refractivity contribution < 1.29 is 14.9 Å². The highest BCUT2D eigenvalue weighted by atomic mass is 16.5. The highest BCUT2D eigenvalue weighted by Crippen LogP contribution is 2.26. The fourth-order valence-corrected chi connectivity index (χ4v) is 2.91. The molecular weight excluding hydrogens is 372 g/mol. The fraction of sp³-hybridized carbons (Fsp3) is 0.333. The van der Waals surface area contributed by atoms with Gasteiger partial charge in [0.2, 0.25) is 0 Å². The molecule has 0 saturated heterocycles. The van der Waals surface area contributed by atoms with Crippen LogP contribution in [0.4, 0.5) is 0 Å². The van der Waals surface area contributed by atoms with Crippen molar-refractivity contribution in [3.05, 3.63) is 89.0 Å². The topological polar surface area (TPSA) is 49.7 Å². The van der Waals surface area contributed by atoms with Gasteiger partial charge in [0, 0.05) is 5.56 Å². The summed E-state index contributed by atoms with van der Waals surface area (Å²) >= 11 is 0. The molecule has 30 heavy (non-hydrogen) atoms. The van der Waals surface area contributed by atoms with E-state index < -0.39 is 5.60 Å². The lowest BCUT2D eigenvalue weighted by Gasteiger charge is -2.18. The van der Waals surface area contributed by atoms with Gasteiger partial charge in [-0.15, -0.1) is 0 Å². The Labute approximate surface area is 181 Å². The molecule has 2 N–H and O–H groups in total. The Balaban J connectivity index is 1.96. The summed E-state index contributed by atoms with van der Waals surface area (Å²) in [6.45, 7) is 8.56. The minimum absolute atomic E-state index is 0.159. The molecule has 160 valence electrons. The molecule has 1 unspecified atom stereocenters. The highest BCUT2D eigenvalue weighted by molar-refractivity contribution is 5.59. The summed E-state index contributed by atoms with van der Waals surface area (Å²) in [5.74, 6) is 0.834. The van der Waals surface area contributed by atoms with E-state index in [2.05, 4.69) is 32.9 Å². The number of hydrogen-bond acceptors (Lipinski definition) is 3. The first-order chi connectivity index (χ1) is 14.2. The number of aliphatic hydroxyl groups is 1. The third-order valence-electron chi connectivity index (χ3n) is 4.84. The molecule has 2 rings (SSSR count). The van der Waals surface area contributed by atoms with Crippen molar-refractivity contribution >= 4 is 6.08 Å². The normalized spacial score (nSPS) is 13.8. The van der Waals surface area contributed by atoms with Gasteiger partial charge in [0.05, 0.1) is 5.60 Å². The number of allylic oxidation sites excluding steroid dienone is 4. The molecule has 0 amide bonds. The van der Waals surface area contributed by atoms with Crippen LogP contribution >= 0.6 is 0 Å². The second-order valence-electron chi connectivity index (χ2n) is 8.26. The molecule has 0 fully saturated rings. The zero-order valence-corrected chi connectivity index (χ0v) is 18.6. The van der Waals surface area contributed by atoms with Crippen LogP contribution in [0.25, 0.3) is 6.08 Å². The minimum Gasteiger partial charge on any atom is -0.507 e. The molecule has 0 aromatic heterocycles. The van der Waals surface area contributed by atoms with Gasteiger partial charge in [-0.2, -0.15) is 0 Å². The van der Waals surface area contributed by atoms with Crippen molar-refractivity contribution in [2.24, 2.45) is 0 Å². The Kier molecular flexibility index (Phi) is 8.94. The first-order valence-electron chi connectivity index (χ1n) is 10.5. The number of phenolic OH excluding ortho intramolecular Hbond substituents is 1. The maximum Gasteiger partial charge on any atom is 0.123 e. The van der Waals surface area contributed by atoms with Crippen molar-refractivity contribution in [3.8, 4) is 11.5 Å². The number of ether oxygens (including phenoxy) is 1. The van der Waals surface area contributed by atoms with E-state index in [9.17, 15) is 10.2 Å². The number of aromatic hydroxyl groups is 1. The SMILES string of the molecule is CC(C)=CC/C(C)=C/CCC(C)(O)/C=C/c1cc(OCc2ccccc2)ccc1O. The zero-order valence-electron chi connectivity index (χ0n) is 18.6. The van der Waals surface area contributed by atoms with E-state index in [4.69, 9.17) is 4.74 Å². The van der Waals surface area contributed by atoms with Gasteiger partial charge < -0.3 is 14.9 Å². The van der Waals surface area contributed by atoms with Crippen LogP contribution in [0.15, 0.2) is 77.9 Å². The molecule has 3 nitrogen and oxygen atoms in total. The molecule has 0 aliphatic carbocycles. The summed E-state index contributed by atoms with van der Waals surface area (Å²) < 4.78 is 5.83. The van der Waals surface area contributed by atoms with Gasteiger partial charge in [0.1, 0.15) is 18.1 Å². The molecule has 0 aliphatic heterocycles. The van der Waals surface area contributed by atoms with Crippen molar-refractivity contribution in [3.63, 3.8) is 0 Å². The predicted octanol–water partition coefficient (Wildman–Crippen LogP) is 6.82. The molecule has 2 aromatic rings. The second-order valence-corrected chi connectivity index (χ2v) is 8.26.